The van der Waals surface area contributed by atoms with E-state index in [9.17, 15) is 14.7 Å². The van der Waals surface area contributed by atoms with Crippen molar-refractivity contribution in [2.75, 3.05) is 0 Å². The highest BCUT2D eigenvalue weighted by molar-refractivity contribution is 5.87. The zero-order valence-corrected chi connectivity index (χ0v) is 20.6. The van der Waals surface area contributed by atoms with Crippen molar-refractivity contribution in [3.63, 3.8) is 0 Å². The number of halogens is 1. The molecule has 0 radical (unpaired) electrons. The number of aliphatic carboxylic acids is 1. The summed E-state index contributed by atoms with van der Waals surface area (Å²) in [4.78, 5) is 27.2. The van der Waals surface area contributed by atoms with E-state index >= 15 is 4.39 Å². The quantitative estimate of drug-likeness (QED) is 0.566. The van der Waals surface area contributed by atoms with Gasteiger partial charge in [-0.25, -0.2) is 9.18 Å². The molecule has 4 rings (SSSR count). The number of hydrogen-bond donors (Lipinski definition) is 1. The minimum absolute atomic E-state index is 0.0179. The molecular weight excluding hydrogens is 405 g/mol. The maximum Gasteiger partial charge on any atom is 0.331 e. The van der Waals surface area contributed by atoms with Gasteiger partial charge in [-0.05, 0) is 106 Å². The van der Waals surface area contributed by atoms with E-state index < -0.39 is 5.97 Å². The first-order valence-corrected chi connectivity index (χ1v) is 12.6. The van der Waals surface area contributed by atoms with Crippen LogP contribution in [0, 0.1) is 34.5 Å². The van der Waals surface area contributed by atoms with E-state index in [4.69, 9.17) is 0 Å². The molecule has 5 heteroatoms. The van der Waals surface area contributed by atoms with E-state index in [1.54, 1.807) is 6.08 Å². The van der Waals surface area contributed by atoms with Crippen LogP contribution in [0.4, 0.5) is 4.39 Å². The molecule has 0 aromatic heterocycles. The molecular formula is C27H40FNO3. The van der Waals surface area contributed by atoms with Crippen molar-refractivity contribution in [1.82, 2.24) is 4.90 Å². The first-order valence-electron chi connectivity index (χ1n) is 12.6. The van der Waals surface area contributed by atoms with Crippen molar-refractivity contribution in [2.24, 2.45) is 34.5 Å². The molecule has 4 aliphatic carbocycles. The molecule has 1 amide bonds. The summed E-state index contributed by atoms with van der Waals surface area (Å²) in [5.74, 6) is 0.215. The first kappa shape index (κ1) is 23.5. The van der Waals surface area contributed by atoms with Crippen LogP contribution in [-0.2, 0) is 9.59 Å². The van der Waals surface area contributed by atoms with Gasteiger partial charge in [0.2, 0.25) is 5.91 Å². The van der Waals surface area contributed by atoms with Crippen molar-refractivity contribution in [1.29, 1.82) is 0 Å². The lowest BCUT2D eigenvalue weighted by molar-refractivity contribution is -0.146. The van der Waals surface area contributed by atoms with Gasteiger partial charge >= 0.3 is 5.97 Å². The first-order chi connectivity index (χ1) is 14.9. The van der Waals surface area contributed by atoms with E-state index in [1.807, 2.05) is 4.90 Å². The van der Waals surface area contributed by atoms with Gasteiger partial charge in [0.15, 0.2) is 0 Å². The zero-order valence-electron chi connectivity index (χ0n) is 20.6. The maximum absolute atomic E-state index is 15.5. The minimum atomic E-state index is -0.928. The molecule has 1 N–H and O–H groups in total. The van der Waals surface area contributed by atoms with Crippen LogP contribution in [0.3, 0.4) is 0 Å². The number of nitrogens with zero attached hydrogens (tertiary/aromatic N) is 1. The Kier molecular flexibility index (Phi) is 5.87. The molecule has 2 saturated carbocycles. The number of carbonyl (C=O) groups is 2. The van der Waals surface area contributed by atoms with Gasteiger partial charge in [0, 0.05) is 30.0 Å². The third-order valence-corrected chi connectivity index (χ3v) is 9.75. The molecule has 0 aliphatic heterocycles. The van der Waals surface area contributed by atoms with E-state index in [-0.39, 0.29) is 46.5 Å². The Bertz CT molecular complexity index is 866. The third-order valence-electron chi connectivity index (χ3n) is 9.75. The second-order valence-corrected chi connectivity index (χ2v) is 11.9. The molecule has 6 atom stereocenters. The number of carboxylic acids is 1. The number of rotatable bonds is 4. The molecule has 4 nitrogen and oxygen atoms in total. The van der Waals surface area contributed by atoms with Gasteiger partial charge in [0.25, 0.3) is 0 Å². The van der Waals surface area contributed by atoms with Crippen molar-refractivity contribution in [3.8, 4) is 0 Å². The van der Waals surface area contributed by atoms with Crippen molar-refractivity contribution >= 4 is 11.9 Å². The fourth-order valence-electron chi connectivity index (χ4n) is 8.25. The Morgan fingerprint density at radius 1 is 1.06 bits per heavy atom. The molecule has 0 aromatic rings. The molecule has 4 aliphatic rings. The fraction of sp³-hybridized carbons (Fsp3) is 0.778. The summed E-state index contributed by atoms with van der Waals surface area (Å²) in [7, 11) is 0. The standard InChI is InChI=1S/C27H40FNO3/c1-15(2)29(16(3)4)24(30)21-8-7-19-18-14-23(28)22-13-17(25(31)32)9-11-27(22,6)20(18)10-12-26(19,21)5/h13,15-16,18-21H,7-12,14H2,1-6H3,(H,31,32)/t18-,19-,20-,21+,26-,27+/m0/s1. The summed E-state index contributed by atoms with van der Waals surface area (Å²) in [5, 5.41) is 9.44. The van der Waals surface area contributed by atoms with Crippen molar-refractivity contribution in [2.45, 2.75) is 98.6 Å². The van der Waals surface area contributed by atoms with Gasteiger partial charge < -0.3 is 10.0 Å². The Balaban J connectivity index is 1.66. The summed E-state index contributed by atoms with van der Waals surface area (Å²) >= 11 is 0. The molecule has 0 spiro atoms. The smallest absolute Gasteiger partial charge is 0.331 e. The Hall–Kier alpha value is -1.65. The predicted molar refractivity (Wildman–Crippen MR) is 123 cm³/mol. The van der Waals surface area contributed by atoms with Gasteiger partial charge in [0.05, 0.1) is 0 Å². The Morgan fingerprint density at radius 2 is 1.72 bits per heavy atom. The predicted octanol–water partition coefficient (Wildman–Crippen LogP) is 6.13. The molecule has 0 bridgehead atoms. The molecule has 0 aromatic carbocycles. The molecule has 178 valence electrons. The number of allylic oxidation sites excluding steroid dienone is 3. The number of carbonyl (C=O) groups excluding carboxylic acids is 1. The highest BCUT2D eigenvalue weighted by atomic mass is 19.1. The number of carboxylic acid groups (broad SMARTS) is 1. The van der Waals surface area contributed by atoms with Gasteiger partial charge in [-0.3, -0.25) is 4.79 Å². The molecule has 2 fully saturated rings. The summed E-state index contributed by atoms with van der Waals surface area (Å²) in [6.45, 7) is 12.8. The average molecular weight is 446 g/mol. The highest BCUT2D eigenvalue weighted by Gasteiger charge is 2.61. The number of amides is 1. The topological polar surface area (TPSA) is 57.6 Å². The van der Waals surface area contributed by atoms with Crippen LogP contribution in [0.15, 0.2) is 23.0 Å². The zero-order chi connectivity index (χ0) is 23.6. The SMILES string of the molecule is CC(C)N(C(=O)[C@H]1CC[C@H]2[C@@H]3CC(F)=C4C=C(C(=O)O)CC[C@]4(C)[C@H]3CC[C@]12C)C(C)C. The molecule has 32 heavy (non-hydrogen) atoms. The van der Waals surface area contributed by atoms with Gasteiger partial charge in [-0.2, -0.15) is 0 Å². The van der Waals surface area contributed by atoms with E-state index in [1.165, 1.54) is 0 Å². The van der Waals surface area contributed by atoms with Crippen LogP contribution in [-0.4, -0.2) is 34.0 Å². The lowest BCUT2D eigenvalue weighted by Gasteiger charge is -2.57. The normalized spacial score (nSPS) is 38.8. The monoisotopic (exact) mass is 445 g/mol. The van der Waals surface area contributed by atoms with Crippen LogP contribution >= 0.6 is 0 Å². The van der Waals surface area contributed by atoms with E-state index in [0.717, 1.165) is 25.7 Å². The van der Waals surface area contributed by atoms with Gasteiger partial charge in [-0.15, -0.1) is 0 Å². The Morgan fingerprint density at radius 3 is 2.31 bits per heavy atom. The number of fused-ring (bicyclic) bond motifs is 5. The van der Waals surface area contributed by atoms with E-state index in [2.05, 4.69) is 41.5 Å². The molecule has 0 heterocycles. The second-order valence-electron chi connectivity index (χ2n) is 11.9. The lowest BCUT2D eigenvalue weighted by Crippen LogP contribution is -2.53. The van der Waals surface area contributed by atoms with Crippen molar-refractivity contribution in [3.05, 3.63) is 23.0 Å². The summed E-state index contributed by atoms with van der Waals surface area (Å²) < 4.78 is 15.5. The molecule has 0 saturated heterocycles. The van der Waals surface area contributed by atoms with Gasteiger partial charge in [-0.1, -0.05) is 13.8 Å². The molecule has 0 unspecified atom stereocenters. The average Bonchev–Trinajstić information content (AvgIpc) is 3.04. The summed E-state index contributed by atoms with van der Waals surface area (Å²) in [5.41, 5.74) is 0.603. The van der Waals surface area contributed by atoms with Gasteiger partial charge in [0.1, 0.15) is 5.83 Å². The van der Waals surface area contributed by atoms with E-state index in [0.29, 0.717) is 42.2 Å². The number of hydrogen-bond acceptors (Lipinski definition) is 2. The van der Waals surface area contributed by atoms with Crippen LogP contribution in [0.2, 0.25) is 0 Å². The van der Waals surface area contributed by atoms with Crippen LogP contribution < -0.4 is 0 Å². The summed E-state index contributed by atoms with van der Waals surface area (Å²) in [6.07, 6.45) is 7.13. The highest BCUT2D eigenvalue weighted by Crippen LogP contribution is 2.67. The fourth-order valence-corrected chi connectivity index (χ4v) is 8.25. The van der Waals surface area contributed by atoms with Crippen LogP contribution in [0.1, 0.15) is 86.5 Å². The summed E-state index contributed by atoms with van der Waals surface area (Å²) in [6, 6.07) is 0.353. The maximum atomic E-state index is 15.5. The Labute approximate surface area is 192 Å². The minimum Gasteiger partial charge on any atom is -0.478 e. The largest absolute Gasteiger partial charge is 0.478 e. The van der Waals surface area contributed by atoms with Crippen LogP contribution in [0.25, 0.3) is 0 Å². The van der Waals surface area contributed by atoms with Crippen molar-refractivity contribution < 1.29 is 19.1 Å². The third kappa shape index (κ3) is 3.37. The second kappa shape index (κ2) is 7.99. The lowest BCUT2D eigenvalue weighted by atomic mass is 9.47. The van der Waals surface area contributed by atoms with Crippen LogP contribution in [0.5, 0.6) is 0 Å².